The maximum absolute atomic E-state index is 12.3. The van der Waals surface area contributed by atoms with Crippen molar-refractivity contribution >= 4 is 15.9 Å². The zero-order chi connectivity index (χ0) is 22.3. The summed E-state index contributed by atoms with van der Waals surface area (Å²) in [5, 5.41) is 2.95. The molecule has 0 saturated heterocycles. The number of sulfonamides is 1. The molecule has 6 nitrogen and oxygen atoms in total. The second-order valence-electron chi connectivity index (χ2n) is 7.59. The number of nitrogens with one attached hydrogen (secondary N) is 2. The van der Waals surface area contributed by atoms with Crippen LogP contribution in [0.4, 0.5) is 0 Å². The zero-order valence-electron chi connectivity index (χ0n) is 18.4. The fraction of sp³-hybridized carbons (Fsp3) is 0.435. The van der Waals surface area contributed by atoms with Crippen LogP contribution in [-0.4, -0.2) is 27.5 Å². The summed E-state index contributed by atoms with van der Waals surface area (Å²) in [5.41, 5.74) is 4.63. The summed E-state index contributed by atoms with van der Waals surface area (Å²) in [7, 11) is -3.52. The van der Waals surface area contributed by atoms with Crippen molar-refractivity contribution in [2.24, 2.45) is 0 Å². The van der Waals surface area contributed by atoms with Gasteiger partial charge in [0.15, 0.2) is 6.61 Å². The van der Waals surface area contributed by atoms with Crippen LogP contribution in [0.25, 0.3) is 0 Å². The number of ether oxygens (including phenoxy) is 1. The van der Waals surface area contributed by atoms with Gasteiger partial charge in [0, 0.05) is 6.54 Å². The van der Waals surface area contributed by atoms with Crippen molar-refractivity contribution in [2.45, 2.75) is 58.4 Å². The summed E-state index contributed by atoms with van der Waals surface area (Å²) in [6, 6.07) is 10.1. The minimum absolute atomic E-state index is 0.137. The molecule has 0 saturated carbocycles. The fourth-order valence-corrected chi connectivity index (χ4v) is 4.21. The first-order valence-electron chi connectivity index (χ1n) is 10.2. The third-order valence-electron chi connectivity index (χ3n) is 5.05. The normalized spacial score (nSPS) is 12.4. The molecule has 0 aromatic heterocycles. The average molecular weight is 433 g/mol. The van der Waals surface area contributed by atoms with E-state index in [1.165, 1.54) is 23.3 Å². The average Bonchev–Trinajstić information content (AvgIpc) is 2.69. The lowest BCUT2D eigenvalue weighted by Gasteiger charge is -2.18. The van der Waals surface area contributed by atoms with E-state index in [0.717, 1.165) is 24.0 Å². The molecule has 1 atom stereocenters. The molecular formula is C23H32N2O4S. The lowest BCUT2D eigenvalue weighted by molar-refractivity contribution is -0.123. The third kappa shape index (κ3) is 6.57. The van der Waals surface area contributed by atoms with Crippen molar-refractivity contribution in [1.82, 2.24) is 10.0 Å². The van der Waals surface area contributed by atoms with Crippen LogP contribution in [0.15, 0.2) is 41.3 Å². The predicted octanol–water partition coefficient (Wildman–Crippen LogP) is 3.95. The number of unbranched alkanes of at least 4 members (excludes halogenated alkanes) is 1. The Bertz CT molecular complexity index is 969. The van der Waals surface area contributed by atoms with Gasteiger partial charge in [0.1, 0.15) is 5.75 Å². The molecule has 0 bridgehead atoms. The van der Waals surface area contributed by atoms with E-state index in [1.54, 1.807) is 12.1 Å². The molecular weight excluding hydrogens is 400 g/mol. The molecule has 0 fully saturated rings. The van der Waals surface area contributed by atoms with Gasteiger partial charge in [-0.15, -0.1) is 0 Å². The van der Waals surface area contributed by atoms with E-state index >= 15 is 0 Å². The Kier molecular flexibility index (Phi) is 8.43. The smallest absolute Gasteiger partial charge is 0.258 e. The van der Waals surface area contributed by atoms with Crippen molar-refractivity contribution in [3.05, 3.63) is 58.7 Å². The number of rotatable bonds is 10. The molecule has 2 aromatic carbocycles. The maximum atomic E-state index is 12.3. The molecule has 164 valence electrons. The van der Waals surface area contributed by atoms with Gasteiger partial charge in [0.2, 0.25) is 10.0 Å². The molecule has 2 rings (SSSR count). The number of aryl methyl sites for hydroxylation is 3. The molecule has 0 aliphatic heterocycles. The highest BCUT2D eigenvalue weighted by Crippen LogP contribution is 2.22. The lowest BCUT2D eigenvalue weighted by atomic mass is 9.96. The van der Waals surface area contributed by atoms with E-state index in [4.69, 9.17) is 4.74 Å². The van der Waals surface area contributed by atoms with Gasteiger partial charge in [-0.2, -0.15) is 0 Å². The number of amides is 1. The van der Waals surface area contributed by atoms with Gasteiger partial charge in [-0.3, -0.25) is 4.79 Å². The van der Waals surface area contributed by atoms with Gasteiger partial charge >= 0.3 is 0 Å². The number of hydrogen-bond acceptors (Lipinski definition) is 4. The van der Waals surface area contributed by atoms with Gasteiger partial charge in [-0.05, 0) is 80.6 Å². The van der Waals surface area contributed by atoms with Crippen LogP contribution in [0, 0.1) is 20.8 Å². The van der Waals surface area contributed by atoms with E-state index in [0.29, 0.717) is 12.3 Å². The van der Waals surface area contributed by atoms with Crippen LogP contribution >= 0.6 is 0 Å². The first kappa shape index (κ1) is 23.9. The Balaban J connectivity index is 1.91. The molecule has 1 amide bonds. The van der Waals surface area contributed by atoms with Crippen molar-refractivity contribution in [3.63, 3.8) is 0 Å². The summed E-state index contributed by atoms with van der Waals surface area (Å²) < 4.78 is 32.5. The third-order valence-corrected chi connectivity index (χ3v) is 6.53. The number of hydrogen-bond donors (Lipinski definition) is 2. The lowest BCUT2D eigenvalue weighted by Crippen LogP contribution is -2.31. The molecule has 0 aliphatic carbocycles. The highest BCUT2D eigenvalue weighted by atomic mass is 32.2. The van der Waals surface area contributed by atoms with Crippen LogP contribution < -0.4 is 14.8 Å². The van der Waals surface area contributed by atoms with Crippen molar-refractivity contribution in [2.75, 3.05) is 13.2 Å². The summed E-state index contributed by atoms with van der Waals surface area (Å²) in [6.45, 7) is 10.4. The Labute approximate surface area is 180 Å². The summed E-state index contributed by atoms with van der Waals surface area (Å²) in [4.78, 5) is 12.5. The molecule has 7 heteroatoms. The quantitative estimate of drug-likeness (QED) is 0.557. The fourth-order valence-electron chi connectivity index (χ4n) is 3.14. The minimum atomic E-state index is -3.52. The van der Waals surface area contributed by atoms with Gasteiger partial charge in [-0.25, -0.2) is 13.1 Å². The standard InChI is InChI=1S/C23H32N2O4S/c1-6-7-12-24-30(27,28)21-10-8-20(9-11-21)29-15-23(26)25-19(5)22-14-17(3)16(2)13-18(22)4/h8-11,13-14,19,24H,6-7,12,15H2,1-5H3,(H,25,26). The first-order valence-corrected chi connectivity index (χ1v) is 11.7. The second-order valence-corrected chi connectivity index (χ2v) is 9.36. The van der Waals surface area contributed by atoms with Gasteiger partial charge in [-0.1, -0.05) is 25.5 Å². The summed E-state index contributed by atoms with van der Waals surface area (Å²) in [5.74, 6) is 0.200. The topological polar surface area (TPSA) is 84.5 Å². The van der Waals surface area contributed by atoms with Crippen molar-refractivity contribution in [3.8, 4) is 5.75 Å². The SMILES string of the molecule is CCCCNS(=O)(=O)c1ccc(OCC(=O)NC(C)c2cc(C)c(C)cc2C)cc1. The Morgan fingerprint density at radius 2 is 1.67 bits per heavy atom. The maximum Gasteiger partial charge on any atom is 0.258 e. The van der Waals surface area contributed by atoms with Gasteiger partial charge < -0.3 is 10.1 Å². The second kappa shape index (κ2) is 10.6. The van der Waals surface area contributed by atoms with Crippen molar-refractivity contribution in [1.29, 1.82) is 0 Å². The van der Waals surface area contributed by atoms with E-state index in [9.17, 15) is 13.2 Å². The van der Waals surface area contributed by atoms with E-state index in [1.807, 2.05) is 20.8 Å². The first-order chi connectivity index (χ1) is 14.1. The van der Waals surface area contributed by atoms with Crippen LogP contribution in [0.5, 0.6) is 5.75 Å². The largest absolute Gasteiger partial charge is 0.484 e. The molecule has 30 heavy (non-hydrogen) atoms. The number of carbonyl (C=O) groups excluding carboxylic acids is 1. The number of carbonyl (C=O) groups is 1. The summed E-state index contributed by atoms with van der Waals surface area (Å²) in [6.07, 6.45) is 1.70. The van der Waals surface area contributed by atoms with Crippen molar-refractivity contribution < 1.29 is 17.9 Å². The Morgan fingerprint density at radius 3 is 2.30 bits per heavy atom. The zero-order valence-corrected chi connectivity index (χ0v) is 19.2. The Hall–Kier alpha value is -2.38. The monoisotopic (exact) mass is 432 g/mol. The highest BCUT2D eigenvalue weighted by Gasteiger charge is 2.15. The Morgan fingerprint density at radius 1 is 1.03 bits per heavy atom. The molecule has 0 spiro atoms. The van der Waals surface area contributed by atoms with E-state index in [2.05, 4.69) is 36.0 Å². The van der Waals surface area contributed by atoms with Gasteiger partial charge in [0.25, 0.3) is 5.91 Å². The molecule has 2 N–H and O–H groups in total. The van der Waals surface area contributed by atoms with Crippen LogP contribution in [0.3, 0.4) is 0 Å². The molecule has 0 aliphatic rings. The summed E-state index contributed by atoms with van der Waals surface area (Å²) >= 11 is 0. The molecule has 2 aromatic rings. The van der Waals surface area contributed by atoms with Crippen LogP contribution in [-0.2, 0) is 14.8 Å². The van der Waals surface area contributed by atoms with Crippen LogP contribution in [0.1, 0.15) is 55.0 Å². The van der Waals surface area contributed by atoms with E-state index < -0.39 is 10.0 Å². The molecule has 0 heterocycles. The number of benzene rings is 2. The molecule has 0 radical (unpaired) electrons. The molecule has 1 unspecified atom stereocenters. The van der Waals surface area contributed by atoms with Crippen LogP contribution in [0.2, 0.25) is 0 Å². The van der Waals surface area contributed by atoms with E-state index in [-0.39, 0.29) is 23.5 Å². The predicted molar refractivity (Wildman–Crippen MR) is 119 cm³/mol. The minimum Gasteiger partial charge on any atom is -0.484 e. The van der Waals surface area contributed by atoms with Gasteiger partial charge in [0.05, 0.1) is 10.9 Å². The highest BCUT2D eigenvalue weighted by molar-refractivity contribution is 7.89.